The number of aromatic amines is 1. The fraction of sp³-hybridized carbons (Fsp3) is 0.636. The van der Waals surface area contributed by atoms with Gasteiger partial charge in [-0.2, -0.15) is 0 Å². The van der Waals surface area contributed by atoms with Crippen LogP contribution in [0, 0.1) is 11.8 Å². The number of hydrogen-bond donors (Lipinski definition) is 7. The summed E-state index contributed by atoms with van der Waals surface area (Å²) < 4.78 is 0. The fourth-order valence-corrected chi connectivity index (χ4v) is 3.19. The second kappa shape index (κ2) is 14.0. The number of imidazole rings is 1. The van der Waals surface area contributed by atoms with Gasteiger partial charge in [0, 0.05) is 24.7 Å². The minimum atomic E-state index is -1.38. The molecule has 4 atom stereocenters. The summed E-state index contributed by atoms with van der Waals surface area (Å²) in [5.74, 6) is -4.06. The Morgan fingerprint density at radius 2 is 1.54 bits per heavy atom. The molecule has 13 heteroatoms. The first-order valence-electron chi connectivity index (χ1n) is 11.5. The molecule has 4 unspecified atom stereocenters. The Kier molecular flexibility index (Phi) is 11.9. The molecule has 0 aromatic carbocycles. The third-order valence-corrected chi connectivity index (χ3v) is 5.27. The number of aromatic nitrogens is 2. The summed E-state index contributed by atoms with van der Waals surface area (Å²) in [6.07, 6.45) is 2.68. The molecule has 0 fully saturated rings. The summed E-state index contributed by atoms with van der Waals surface area (Å²) in [5.41, 5.74) is 11.5. The van der Waals surface area contributed by atoms with Crippen LogP contribution in [0.5, 0.6) is 0 Å². The molecule has 196 valence electrons. The van der Waals surface area contributed by atoms with Crippen molar-refractivity contribution in [2.45, 2.75) is 77.5 Å². The third kappa shape index (κ3) is 10.5. The van der Waals surface area contributed by atoms with Gasteiger partial charge in [0.25, 0.3) is 0 Å². The predicted molar refractivity (Wildman–Crippen MR) is 126 cm³/mol. The summed E-state index contributed by atoms with van der Waals surface area (Å²) >= 11 is 0. The van der Waals surface area contributed by atoms with Crippen LogP contribution in [0.3, 0.4) is 0 Å². The summed E-state index contributed by atoms with van der Waals surface area (Å²) in [4.78, 5) is 67.9. The van der Waals surface area contributed by atoms with Gasteiger partial charge in [0.15, 0.2) is 0 Å². The molecule has 13 nitrogen and oxygen atoms in total. The molecule has 0 saturated carbocycles. The zero-order valence-corrected chi connectivity index (χ0v) is 20.5. The van der Waals surface area contributed by atoms with Crippen molar-refractivity contribution in [1.82, 2.24) is 25.9 Å². The van der Waals surface area contributed by atoms with Crippen molar-refractivity contribution in [2.24, 2.45) is 23.3 Å². The van der Waals surface area contributed by atoms with Crippen molar-refractivity contribution in [3.63, 3.8) is 0 Å². The van der Waals surface area contributed by atoms with Gasteiger partial charge >= 0.3 is 5.97 Å². The standard InChI is InChI=1S/C22H37N7O6/c1-11(2)7-15(29-21(33)18(24)12(3)4)19(31)28-16(8-13-9-25-10-26-13)20(32)27-14(22(34)35)5-6-17(23)30/h9-12,14-16,18H,5-8,24H2,1-4H3,(H2,23,30)(H,25,26)(H,27,32)(H,28,31)(H,29,33)(H,34,35). The van der Waals surface area contributed by atoms with E-state index in [1.807, 2.05) is 13.8 Å². The number of primary amides is 1. The van der Waals surface area contributed by atoms with E-state index >= 15 is 0 Å². The van der Waals surface area contributed by atoms with Crippen LogP contribution in [0.1, 0.15) is 52.7 Å². The highest BCUT2D eigenvalue weighted by atomic mass is 16.4. The van der Waals surface area contributed by atoms with Crippen LogP contribution < -0.4 is 27.4 Å². The molecule has 0 aliphatic carbocycles. The summed E-state index contributed by atoms with van der Waals surface area (Å²) in [7, 11) is 0. The number of carboxylic acids is 1. The zero-order valence-electron chi connectivity index (χ0n) is 20.5. The Labute approximate surface area is 204 Å². The highest BCUT2D eigenvalue weighted by molar-refractivity contribution is 5.94. The topological polar surface area (TPSA) is 222 Å². The van der Waals surface area contributed by atoms with Crippen LogP contribution in [-0.4, -0.2) is 68.8 Å². The molecule has 0 aliphatic rings. The molecule has 9 N–H and O–H groups in total. The largest absolute Gasteiger partial charge is 0.480 e. The molecule has 0 spiro atoms. The number of nitrogens with zero attached hydrogens (tertiary/aromatic N) is 1. The quantitative estimate of drug-likeness (QED) is 0.156. The Bertz CT molecular complexity index is 872. The smallest absolute Gasteiger partial charge is 0.326 e. The van der Waals surface area contributed by atoms with Crippen molar-refractivity contribution in [3.8, 4) is 0 Å². The molecule has 0 aliphatic heterocycles. The number of amides is 4. The van der Waals surface area contributed by atoms with E-state index in [-0.39, 0.29) is 37.5 Å². The molecule has 1 aromatic heterocycles. The van der Waals surface area contributed by atoms with Crippen LogP contribution in [0.4, 0.5) is 0 Å². The molecule has 0 radical (unpaired) electrons. The van der Waals surface area contributed by atoms with Gasteiger partial charge in [-0.3, -0.25) is 19.2 Å². The number of carboxylic acid groups (broad SMARTS) is 1. The van der Waals surface area contributed by atoms with E-state index in [4.69, 9.17) is 11.5 Å². The van der Waals surface area contributed by atoms with Gasteiger partial charge in [0.05, 0.1) is 12.4 Å². The fourth-order valence-electron chi connectivity index (χ4n) is 3.19. The van der Waals surface area contributed by atoms with E-state index in [0.29, 0.717) is 5.69 Å². The summed E-state index contributed by atoms with van der Waals surface area (Å²) in [6.45, 7) is 7.31. The van der Waals surface area contributed by atoms with Crippen molar-refractivity contribution >= 4 is 29.6 Å². The van der Waals surface area contributed by atoms with E-state index in [2.05, 4.69) is 25.9 Å². The molecule has 35 heavy (non-hydrogen) atoms. The molecule has 0 saturated heterocycles. The van der Waals surface area contributed by atoms with Crippen LogP contribution in [0.25, 0.3) is 0 Å². The Hall–Kier alpha value is -3.48. The highest BCUT2D eigenvalue weighted by Crippen LogP contribution is 2.09. The lowest BCUT2D eigenvalue weighted by molar-refractivity contribution is -0.142. The second-order valence-corrected chi connectivity index (χ2v) is 9.21. The zero-order chi connectivity index (χ0) is 26.7. The Morgan fingerprint density at radius 1 is 0.971 bits per heavy atom. The number of aliphatic carboxylic acids is 1. The van der Waals surface area contributed by atoms with Crippen molar-refractivity contribution in [2.75, 3.05) is 0 Å². The highest BCUT2D eigenvalue weighted by Gasteiger charge is 2.31. The number of carbonyl (C=O) groups is 5. The van der Waals surface area contributed by atoms with Gasteiger partial charge in [-0.25, -0.2) is 9.78 Å². The lowest BCUT2D eigenvalue weighted by atomic mass is 10.00. The first-order valence-corrected chi connectivity index (χ1v) is 11.5. The minimum Gasteiger partial charge on any atom is -0.480 e. The van der Waals surface area contributed by atoms with Crippen molar-refractivity contribution in [3.05, 3.63) is 18.2 Å². The summed E-state index contributed by atoms with van der Waals surface area (Å²) in [5, 5.41) is 17.0. The lowest BCUT2D eigenvalue weighted by Gasteiger charge is -2.26. The van der Waals surface area contributed by atoms with E-state index in [0.717, 1.165) is 0 Å². The van der Waals surface area contributed by atoms with Gasteiger partial charge < -0.3 is 37.5 Å². The van der Waals surface area contributed by atoms with Crippen LogP contribution in [0.2, 0.25) is 0 Å². The molecule has 1 rings (SSSR count). The Balaban J connectivity index is 3.07. The number of nitrogens with one attached hydrogen (secondary N) is 4. The van der Waals surface area contributed by atoms with E-state index in [1.165, 1.54) is 12.5 Å². The average molecular weight is 496 g/mol. The number of nitrogens with two attached hydrogens (primary N) is 2. The van der Waals surface area contributed by atoms with Gasteiger partial charge in [0.2, 0.25) is 23.6 Å². The molecule has 1 heterocycles. The molecule has 1 aromatic rings. The van der Waals surface area contributed by atoms with Crippen molar-refractivity contribution in [1.29, 1.82) is 0 Å². The number of rotatable bonds is 15. The minimum absolute atomic E-state index is 0.0203. The maximum Gasteiger partial charge on any atom is 0.326 e. The first kappa shape index (κ1) is 29.6. The van der Waals surface area contributed by atoms with E-state index in [1.54, 1.807) is 13.8 Å². The predicted octanol–water partition coefficient (Wildman–Crippen LogP) is -1.21. The maximum atomic E-state index is 13.1. The van der Waals surface area contributed by atoms with Crippen LogP contribution >= 0.6 is 0 Å². The average Bonchev–Trinajstić information content (AvgIpc) is 3.27. The molecule has 0 bridgehead atoms. The van der Waals surface area contributed by atoms with Crippen LogP contribution in [-0.2, 0) is 30.4 Å². The van der Waals surface area contributed by atoms with Gasteiger partial charge in [0.1, 0.15) is 18.1 Å². The van der Waals surface area contributed by atoms with Crippen LogP contribution in [0.15, 0.2) is 12.5 Å². The Morgan fingerprint density at radius 3 is 2.03 bits per heavy atom. The number of carbonyl (C=O) groups excluding carboxylic acids is 4. The monoisotopic (exact) mass is 495 g/mol. The molecular weight excluding hydrogens is 458 g/mol. The first-order chi connectivity index (χ1) is 16.3. The molecule has 4 amide bonds. The second-order valence-electron chi connectivity index (χ2n) is 9.21. The normalized spacial score (nSPS) is 14.6. The van der Waals surface area contributed by atoms with Gasteiger partial charge in [-0.1, -0.05) is 27.7 Å². The lowest BCUT2D eigenvalue weighted by Crippen LogP contribution is -2.58. The molecular formula is C22H37N7O6. The van der Waals surface area contributed by atoms with E-state index < -0.39 is 53.8 Å². The maximum absolute atomic E-state index is 13.1. The number of H-pyrrole nitrogens is 1. The summed E-state index contributed by atoms with van der Waals surface area (Å²) in [6, 6.07) is -4.35. The number of hydrogen-bond acceptors (Lipinski definition) is 7. The van der Waals surface area contributed by atoms with Crippen molar-refractivity contribution < 1.29 is 29.1 Å². The SMILES string of the molecule is CC(C)CC(NC(=O)C(N)C(C)C)C(=O)NC(Cc1cnc[nH]1)C(=O)NC(CCC(N)=O)C(=O)O. The van der Waals surface area contributed by atoms with Gasteiger partial charge in [-0.05, 0) is 24.7 Å². The van der Waals surface area contributed by atoms with E-state index in [9.17, 15) is 29.1 Å². The van der Waals surface area contributed by atoms with Gasteiger partial charge in [-0.15, -0.1) is 0 Å². The third-order valence-electron chi connectivity index (χ3n) is 5.27.